The van der Waals surface area contributed by atoms with Crippen molar-refractivity contribution in [3.63, 3.8) is 0 Å². The van der Waals surface area contributed by atoms with Crippen LogP contribution in [0, 0.1) is 0 Å². The van der Waals surface area contributed by atoms with Crippen LogP contribution >= 0.6 is 0 Å². The molecule has 0 aromatic heterocycles. The Morgan fingerprint density at radius 1 is 1.50 bits per heavy atom. The lowest BCUT2D eigenvalue weighted by Gasteiger charge is -2.30. The second-order valence-electron chi connectivity index (χ2n) is 2.97. The fourth-order valence-corrected chi connectivity index (χ4v) is 1.28. The lowest BCUT2D eigenvalue weighted by Crippen LogP contribution is -2.33. The minimum absolute atomic E-state index is 0.782. The van der Waals surface area contributed by atoms with Gasteiger partial charge in [-0.3, -0.25) is 0 Å². The molecule has 0 aromatic rings. The number of hydrogen-bond acceptors (Lipinski definition) is 3. The van der Waals surface area contributed by atoms with Gasteiger partial charge in [0.1, 0.15) is 12.4 Å². The SMILES string of the molecule is COCCN1CCOC(C)=C1C. The van der Waals surface area contributed by atoms with Crippen molar-refractivity contribution in [2.75, 3.05) is 33.4 Å². The van der Waals surface area contributed by atoms with E-state index in [2.05, 4.69) is 11.8 Å². The summed E-state index contributed by atoms with van der Waals surface area (Å²) in [6, 6.07) is 0. The van der Waals surface area contributed by atoms with Gasteiger partial charge in [-0.25, -0.2) is 0 Å². The first-order valence-corrected chi connectivity index (χ1v) is 4.30. The Morgan fingerprint density at radius 3 is 2.92 bits per heavy atom. The number of rotatable bonds is 3. The average molecular weight is 171 g/mol. The van der Waals surface area contributed by atoms with Gasteiger partial charge >= 0.3 is 0 Å². The Balaban J connectivity index is 2.47. The molecule has 0 bridgehead atoms. The second-order valence-corrected chi connectivity index (χ2v) is 2.97. The highest BCUT2D eigenvalue weighted by Gasteiger charge is 2.13. The molecule has 70 valence electrons. The molecule has 0 N–H and O–H groups in total. The zero-order chi connectivity index (χ0) is 8.97. The molecule has 0 aliphatic carbocycles. The molecule has 0 saturated carbocycles. The van der Waals surface area contributed by atoms with E-state index in [1.165, 1.54) is 5.70 Å². The van der Waals surface area contributed by atoms with Crippen molar-refractivity contribution in [1.29, 1.82) is 0 Å². The van der Waals surface area contributed by atoms with Gasteiger partial charge in [0.2, 0.25) is 0 Å². The first kappa shape index (κ1) is 9.39. The summed E-state index contributed by atoms with van der Waals surface area (Å²) >= 11 is 0. The molecule has 1 aliphatic heterocycles. The number of nitrogens with zero attached hydrogens (tertiary/aromatic N) is 1. The molecule has 3 heteroatoms. The van der Waals surface area contributed by atoms with E-state index in [0.29, 0.717) is 0 Å². The summed E-state index contributed by atoms with van der Waals surface area (Å²) in [7, 11) is 1.73. The maximum atomic E-state index is 5.40. The zero-order valence-electron chi connectivity index (χ0n) is 8.09. The first-order chi connectivity index (χ1) is 5.75. The Bertz CT molecular complexity index is 177. The van der Waals surface area contributed by atoms with Crippen LogP contribution in [0.3, 0.4) is 0 Å². The summed E-state index contributed by atoms with van der Waals surface area (Å²) in [5.74, 6) is 1.04. The van der Waals surface area contributed by atoms with Gasteiger partial charge in [-0.2, -0.15) is 0 Å². The van der Waals surface area contributed by atoms with Gasteiger partial charge in [0, 0.05) is 19.4 Å². The molecule has 3 nitrogen and oxygen atoms in total. The van der Waals surface area contributed by atoms with E-state index < -0.39 is 0 Å². The predicted octanol–water partition coefficient (Wildman–Crippen LogP) is 1.22. The molecule has 0 amide bonds. The molecule has 0 spiro atoms. The fourth-order valence-electron chi connectivity index (χ4n) is 1.28. The van der Waals surface area contributed by atoms with Crippen molar-refractivity contribution in [3.05, 3.63) is 11.5 Å². The maximum Gasteiger partial charge on any atom is 0.112 e. The standard InChI is InChI=1S/C9H17NO2/c1-8-9(2)12-7-5-10(8)4-6-11-3/h4-7H2,1-3H3. The third kappa shape index (κ3) is 2.14. The quantitative estimate of drug-likeness (QED) is 0.637. The molecular formula is C9H17NO2. The second kappa shape index (κ2) is 4.36. The Labute approximate surface area is 74.0 Å². The minimum atomic E-state index is 0.782. The van der Waals surface area contributed by atoms with E-state index in [-0.39, 0.29) is 0 Å². The molecule has 1 heterocycles. The lowest BCUT2D eigenvalue weighted by molar-refractivity contribution is 0.105. The van der Waals surface area contributed by atoms with Crippen LogP contribution < -0.4 is 0 Å². The van der Waals surface area contributed by atoms with E-state index >= 15 is 0 Å². The van der Waals surface area contributed by atoms with Crippen molar-refractivity contribution in [1.82, 2.24) is 4.90 Å². The first-order valence-electron chi connectivity index (χ1n) is 4.30. The van der Waals surface area contributed by atoms with Crippen LogP contribution in [-0.2, 0) is 9.47 Å². The van der Waals surface area contributed by atoms with Crippen LogP contribution in [-0.4, -0.2) is 38.3 Å². The van der Waals surface area contributed by atoms with Crippen LogP contribution in [0.5, 0.6) is 0 Å². The molecule has 0 aromatic carbocycles. The Hall–Kier alpha value is -0.700. The van der Waals surface area contributed by atoms with E-state index in [0.717, 1.165) is 32.1 Å². The monoisotopic (exact) mass is 171 g/mol. The summed E-state index contributed by atoms with van der Waals surface area (Å²) in [5.41, 5.74) is 1.23. The van der Waals surface area contributed by atoms with Crippen molar-refractivity contribution in [2.45, 2.75) is 13.8 Å². The Kier molecular flexibility index (Phi) is 3.41. The van der Waals surface area contributed by atoms with E-state index in [1.54, 1.807) is 7.11 Å². The molecule has 0 radical (unpaired) electrons. The molecule has 0 fully saturated rings. The van der Waals surface area contributed by atoms with Gasteiger partial charge in [-0.1, -0.05) is 0 Å². The van der Waals surface area contributed by atoms with Crippen molar-refractivity contribution in [3.8, 4) is 0 Å². The smallest absolute Gasteiger partial charge is 0.112 e. The predicted molar refractivity (Wildman–Crippen MR) is 47.8 cm³/mol. The van der Waals surface area contributed by atoms with Crippen LogP contribution in [0.4, 0.5) is 0 Å². The molecule has 0 atom stereocenters. The summed E-state index contributed by atoms with van der Waals surface area (Å²) in [6.45, 7) is 7.62. The fraction of sp³-hybridized carbons (Fsp3) is 0.778. The average Bonchev–Trinajstić information content (AvgIpc) is 2.08. The van der Waals surface area contributed by atoms with Crippen LogP contribution in [0.2, 0.25) is 0 Å². The van der Waals surface area contributed by atoms with Gasteiger partial charge in [0.25, 0.3) is 0 Å². The van der Waals surface area contributed by atoms with Crippen LogP contribution in [0.15, 0.2) is 11.5 Å². The van der Waals surface area contributed by atoms with Gasteiger partial charge in [-0.15, -0.1) is 0 Å². The highest BCUT2D eigenvalue weighted by Crippen LogP contribution is 2.15. The van der Waals surface area contributed by atoms with Crippen molar-refractivity contribution in [2.24, 2.45) is 0 Å². The van der Waals surface area contributed by atoms with Gasteiger partial charge in [0.05, 0.1) is 13.2 Å². The molecule has 12 heavy (non-hydrogen) atoms. The molecular weight excluding hydrogens is 154 g/mol. The largest absolute Gasteiger partial charge is 0.495 e. The molecule has 0 unspecified atom stereocenters. The van der Waals surface area contributed by atoms with Crippen LogP contribution in [0.25, 0.3) is 0 Å². The van der Waals surface area contributed by atoms with Crippen molar-refractivity contribution < 1.29 is 9.47 Å². The summed E-state index contributed by atoms with van der Waals surface area (Å²) in [6.07, 6.45) is 0. The van der Waals surface area contributed by atoms with Gasteiger partial charge in [-0.05, 0) is 13.8 Å². The maximum absolute atomic E-state index is 5.40. The van der Waals surface area contributed by atoms with Gasteiger partial charge in [0.15, 0.2) is 0 Å². The van der Waals surface area contributed by atoms with E-state index in [9.17, 15) is 0 Å². The zero-order valence-corrected chi connectivity index (χ0v) is 8.09. The van der Waals surface area contributed by atoms with Gasteiger partial charge < -0.3 is 14.4 Å². The minimum Gasteiger partial charge on any atom is -0.495 e. The van der Waals surface area contributed by atoms with Crippen molar-refractivity contribution >= 4 is 0 Å². The van der Waals surface area contributed by atoms with Crippen LogP contribution in [0.1, 0.15) is 13.8 Å². The highest BCUT2D eigenvalue weighted by molar-refractivity contribution is 5.04. The summed E-state index contributed by atoms with van der Waals surface area (Å²) in [5, 5.41) is 0. The number of ether oxygens (including phenoxy) is 2. The Morgan fingerprint density at radius 2 is 2.25 bits per heavy atom. The molecule has 1 aliphatic rings. The normalized spacial score (nSPS) is 18.1. The third-order valence-electron chi connectivity index (χ3n) is 2.23. The van der Waals surface area contributed by atoms with E-state index in [4.69, 9.17) is 9.47 Å². The number of allylic oxidation sites excluding steroid dienone is 2. The highest BCUT2D eigenvalue weighted by atomic mass is 16.5. The molecule has 0 saturated heterocycles. The third-order valence-corrected chi connectivity index (χ3v) is 2.23. The van der Waals surface area contributed by atoms with E-state index in [1.807, 2.05) is 6.92 Å². The number of methoxy groups -OCH3 is 1. The topological polar surface area (TPSA) is 21.7 Å². The lowest BCUT2D eigenvalue weighted by atomic mass is 10.3. The summed E-state index contributed by atoms with van der Waals surface area (Å²) in [4.78, 5) is 2.29. The summed E-state index contributed by atoms with van der Waals surface area (Å²) < 4.78 is 10.4. The molecule has 1 rings (SSSR count). The number of hydrogen-bond donors (Lipinski definition) is 0.